The van der Waals surface area contributed by atoms with E-state index in [-0.39, 0.29) is 5.78 Å². The van der Waals surface area contributed by atoms with Gasteiger partial charge in [-0.2, -0.15) is 0 Å². The van der Waals surface area contributed by atoms with Gasteiger partial charge >= 0.3 is 0 Å². The number of nitrogens with zero attached hydrogens (tertiary/aromatic N) is 1. The van der Waals surface area contributed by atoms with E-state index in [1.807, 2.05) is 68.9 Å². The lowest BCUT2D eigenvalue weighted by atomic mass is 10.1. The first-order valence-electron chi connectivity index (χ1n) is 9.86. The predicted octanol–water partition coefficient (Wildman–Crippen LogP) is 5.46. The summed E-state index contributed by atoms with van der Waals surface area (Å²) in [5.41, 5.74) is 4.53. The average molecular weight is 403 g/mol. The number of Topliss-reactive ketones (excluding diaryl/α,β-unsaturated/α-hetero) is 1. The standard InChI is InChI=1S/C25H25NO4/c1-15(2)10-11-29-22-9-7-19-24(27)23(30-25(19)16(22)3)12-17-14-26(4)21-8-6-18(28-5)13-20(17)21/h6-10,12-14H,11H2,1-5H3/b23-12-. The molecule has 0 spiro atoms. The van der Waals surface area contributed by atoms with Gasteiger partial charge in [0.05, 0.1) is 12.7 Å². The number of ketones is 1. The van der Waals surface area contributed by atoms with Crippen molar-refractivity contribution in [2.75, 3.05) is 13.7 Å². The maximum atomic E-state index is 13.0. The highest BCUT2D eigenvalue weighted by Gasteiger charge is 2.30. The molecule has 5 heteroatoms. The number of aryl methyl sites for hydroxylation is 1. The zero-order chi connectivity index (χ0) is 21.4. The summed E-state index contributed by atoms with van der Waals surface area (Å²) in [6.07, 6.45) is 5.80. The highest BCUT2D eigenvalue weighted by Crippen LogP contribution is 2.40. The highest BCUT2D eigenvalue weighted by atomic mass is 16.5. The fraction of sp³-hybridized carbons (Fsp3) is 0.240. The fourth-order valence-electron chi connectivity index (χ4n) is 3.61. The van der Waals surface area contributed by atoms with Crippen molar-refractivity contribution in [2.24, 2.45) is 7.05 Å². The number of hydrogen-bond donors (Lipinski definition) is 0. The molecule has 0 unspecified atom stereocenters. The predicted molar refractivity (Wildman–Crippen MR) is 119 cm³/mol. The Balaban J connectivity index is 1.69. The van der Waals surface area contributed by atoms with Crippen LogP contribution in [-0.2, 0) is 7.05 Å². The van der Waals surface area contributed by atoms with E-state index < -0.39 is 0 Å². The zero-order valence-corrected chi connectivity index (χ0v) is 17.9. The largest absolute Gasteiger partial charge is 0.497 e. The Morgan fingerprint density at radius 1 is 1.20 bits per heavy atom. The first kappa shape index (κ1) is 19.8. The van der Waals surface area contributed by atoms with Crippen LogP contribution >= 0.6 is 0 Å². The van der Waals surface area contributed by atoms with Gasteiger partial charge in [0.25, 0.3) is 0 Å². The van der Waals surface area contributed by atoms with Gasteiger partial charge in [-0.1, -0.05) is 5.57 Å². The van der Waals surface area contributed by atoms with Gasteiger partial charge in [0.1, 0.15) is 23.9 Å². The molecule has 1 aromatic heterocycles. The topological polar surface area (TPSA) is 49.7 Å². The maximum absolute atomic E-state index is 13.0. The maximum Gasteiger partial charge on any atom is 0.231 e. The molecule has 3 aromatic rings. The second kappa shape index (κ2) is 7.75. The summed E-state index contributed by atoms with van der Waals surface area (Å²) in [5, 5.41) is 0.999. The van der Waals surface area contributed by atoms with Crippen LogP contribution in [0.3, 0.4) is 0 Å². The van der Waals surface area contributed by atoms with E-state index in [1.54, 1.807) is 19.3 Å². The lowest BCUT2D eigenvalue weighted by Gasteiger charge is -2.10. The summed E-state index contributed by atoms with van der Waals surface area (Å²) in [6.45, 7) is 6.45. The highest BCUT2D eigenvalue weighted by molar-refractivity contribution is 6.15. The minimum Gasteiger partial charge on any atom is -0.497 e. The molecule has 154 valence electrons. The Morgan fingerprint density at radius 3 is 2.73 bits per heavy atom. The molecule has 0 aliphatic carbocycles. The van der Waals surface area contributed by atoms with Gasteiger partial charge in [0.2, 0.25) is 5.78 Å². The van der Waals surface area contributed by atoms with Crippen molar-refractivity contribution >= 4 is 22.8 Å². The molecule has 1 aliphatic heterocycles. The smallest absolute Gasteiger partial charge is 0.231 e. The molecule has 0 radical (unpaired) electrons. The normalized spacial score (nSPS) is 14.0. The van der Waals surface area contributed by atoms with Crippen molar-refractivity contribution in [1.29, 1.82) is 0 Å². The molecule has 0 saturated heterocycles. The quantitative estimate of drug-likeness (QED) is 0.419. The lowest BCUT2D eigenvalue weighted by molar-refractivity contribution is 0.101. The SMILES string of the molecule is COc1ccc2c(c1)c(/C=C1\Oc3c(ccc(OCC=C(C)C)c3C)C1=O)cn2C. The van der Waals surface area contributed by atoms with Crippen molar-refractivity contribution < 1.29 is 19.0 Å². The zero-order valence-electron chi connectivity index (χ0n) is 17.9. The summed E-state index contributed by atoms with van der Waals surface area (Å²) in [4.78, 5) is 13.0. The van der Waals surface area contributed by atoms with E-state index >= 15 is 0 Å². The van der Waals surface area contributed by atoms with Gasteiger partial charge < -0.3 is 18.8 Å². The summed E-state index contributed by atoms with van der Waals surface area (Å²) in [7, 11) is 3.62. The van der Waals surface area contributed by atoms with Crippen LogP contribution in [0.2, 0.25) is 0 Å². The van der Waals surface area contributed by atoms with Crippen LogP contribution in [0.25, 0.3) is 17.0 Å². The summed E-state index contributed by atoms with van der Waals surface area (Å²) in [6, 6.07) is 9.50. The lowest BCUT2D eigenvalue weighted by Crippen LogP contribution is -1.98. The van der Waals surface area contributed by atoms with E-state index in [0.717, 1.165) is 33.5 Å². The fourth-order valence-corrected chi connectivity index (χ4v) is 3.61. The van der Waals surface area contributed by atoms with Gasteiger partial charge in [-0.15, -0.1) is 0 Å². The Morgan fingerprint density at radius 2 is 2.00 bits per heavy atom. The number of aromatic nitrogens is 1. The molecule has 0 bridgehead atoms. The molecule has 30 heavy (non-hydrogen) atoms. The third-order valence-corrected chi connectivity index (χ3v) is 5.28. The van der Waals surface area contributed by atoms with E-state index in [9.17, 15) is 4.79 Å². The van der Waals surface area contributed by atoms with Crippen LogP contribution in [0.15, 0.2) is 53.9 Å². The molecule has 0 saturated carbocycles. The number of allylic oxidation sites excluding steroid dienone is 2. The van der Waals surface area contributed by atoms with E-state index in [2.05, 4.69) is 0 Å². The van der Waals surface area contributed by atoms with Crippen LogP contribution in [0.5, 0.6) is 17.2 Å². The van der Waals surface area contributed by atoms with Gasteiger partial charge in [0, 0.05) is 35.3 Å². The van der Waals surface area contributed by atoms with Crippen molar-refractivity contribution in [1.82, 2.24) is 4.57 Å². The Kier molecular flexibility index (Phi) is 5.12. The van der Waals surface area contributed by atoms with Crippen LogP contribution in [0.4, 0.5) is 0 Å². The molecule has 0 atom stereocenters. The second-order valence-corrected chi connectivity index (χ2v) is 7.68. The van der Waals surface area contributed by atoms with Crippen molar-refractivity contribution in [3.63, 3.8) is 0 Å². The second-order valence-electron chi connectivity index (χ2n) is 7.68. The Hall–Kier alpha value is -3.47. The molecule has 1 aliphatic rings. The number of ether oxygens (including phenoxy) is 3. The van der Waals surface area contributed by atoms with Crippen molar-refractivity contribution in [2.45, 2.75) is 20.8 Å². The number of carbonyl (C=O) groups excluding carboxylic acids is 1. The molecule has 4 rings (SSSR count). The minimum absolute atomic E-state index is 0.121. The molecular formula is C25H25NO4. The number of benzene rings is 2. The first-order valence-corrected chi connectivity index (χ1v) is 9.86. The van der Waals surface area contributed by atoms with Gasteiger partial charge in [-0.05, 0) is 63.3 Å². The van der Waals surface area contributed by atoms with E-state index in [4.69, 9.17) is 14.2 Å². The minimum atomic E-state index is -0.121. The van der Waals surface area contributed by atoms with Crippen LogP contribution in [0, 0.1) is 6.92 Å². The average Bonchev–Trinajstić information content (AvgIpc) is 3.21. The number of rotatable bonds is 5. The number of methoxy groups -OCH3 is 1. The van der Waals surface area contributed by atoms with E-state index in [1.165, 1.54) is 5.57 Å². The molecule has 5 nitrogen and oxygen atoms in total. The Labute approximate surface area is 176 Å². The molecule has 0 fully saturated rings. The van der Waals surface area contributed by atoms with Gasteiger partial charge in [0.15, 0.2) is 5.76 Å². The molecular weight excluding hydrogens is 378 g/mol. The summed E-state index contributed by atoms with van der Waals surface area (Å²) in [5.74, 6) is 2.24. The number of carbonyl (C=O) groups is 1. The third-order valence-electron chi connectivity index (χ3n) is 5.28. The van der Waals surface area contributed by atoms with Crippen LogP contribution < -0.4 is 14.2 Å². The molecule has 0 amide bonds. The van der Waals surface area contributed by atoms with Gasteiger partial charge in [-0.25, -0.2) is 0 Å². The Bertz CT molecular complexity index is 1210. The van der Waals surface area contributed by atoms with Crippen LogP contribution in [0.1, 0.15) is 35.3 Å². The van der Waals surface area contributed by atoms with Gasteiger partial charge in [-0.3, -0.25) is 4.79 Å². The third kappa shape index (κ3) is 3.47. The first-order chi connectivity index (χ1) is 14.4. The summed E-state index contributed by atoms with van der Waals surface area (Å²) >= 11 is 0. The molecule has 2 aromatic carbocycles. The van der Waals surface area contributed by atoms with Crippen LogP contribution in [-0.4, -0.2) is 24.1 Å². The molecule has 0 N–H and O–H groups in total. The van der Waals surface area contributed by atoms with Crippen molar-refractivity contribution in [3.05, 3.63) is 70.6 Å². The van der Waals surface area contributed by atoms with Crippen molar-refractivity contribution in [3.8, 4) is 17.2 Å². The van der Waals surface area contributed by atoms with E-state index in [0.29, 0.717) is 23.7 Å². The number of hydrogen-bond acceptors (Lipinski definition) is 4. The number of fused-ring (bicyclic) bond motifs is 2. The summed E-state index contributed by atoms with van der Waals surface area (Å²) < 4.78 is 19.2. The molecule has 2 heterocycles. The monoisotopic (exact) mass is 403 g/mol.